The molecule has 31 heavy (non-hydrogen) atoms. The summed E-state index contributed by atoms with van der Waals surface area (Å²) >= 11 is 0. The van der Waals surface area contributed by atoms with Crippen LogP contribution in [0.2, 0.25) is 0 Å². The van der Waals surface area contributed by atoms with Crippen molar-refractivity contribution in [3.63, 3.8) is 0 Å². The second kappa shape index (κ2) is 7.46. The Kier molecular flexibility index (Phi) is 4.61. The Bertz CT molecular complexity index is 1160. The number of benzene rings is 1. The molecule has 10 heteroatoms. The average molecular weight is 428 g/mol. The summed E-state index contributed by atoms with van der Waals surface area (Å²) in [6.45, 7) is 0.193. The first-order valence-corrected chi connectivity index (χ1v) is 9.43. The van der Waals surface area contributed by atoms with Crippen LogP contribution in [-0.4, -0.2) is 28.6 Å². The van der Waals surface area contributed by atoms with Gasteiger partial charge in [-0.3, -0.25) is 10.3 Å². The molecular weight excluding hydrogens is 413 g/mol. The van der Waals surface area contributed by atoms with E-state index in [1.807, 2.05) is 0 Å². The van der Waals surface area contributed by atoms with Gasteiger partial charge in [0.25, 0.3) is 0 Å². The fourth-order valence-corrected chi connectivity index (χ4v) is 3.74. The molecule has 0 spiro atoms. The van der Waals surface area contributed by atoms with E-state index in [9.17, 15) is 18.0 Å². The Morgan fingerprint density at radius 3 is 2.68 bits per heavy atom. The van der Waals surface area contributed by atoms with Gasteiger partial charge in [0.15, 0.2) is 23.1 Å². The summed E-state index contributed by atoms with van der Waals surface area (Å²) in [5.74, 6) is -1.87. The first kappa shape index (κ1) is 19.2. The highest BCUT2D eigenvalue weighted by Crippen LogP contribution is 2.55. The van der Waals surface area contributed by atoms with Gasteiger partial charge in [0, 0.05) is 29.6 Å². The van der Waals surface area contributed by atoms with Crippen LogP contribution in [0.15, 0.2) is 48.9 Å². The summed E-state index contributed by atoms with van der Waals surface area (Å²) in [5.41, 5.74) is 0.156. The number of anilines is 1. The maximum absolute atomic E-state index is 14.2. The molecule has 3 aromatic rings. The number of fused-ring (bicyclic) bond motifs is 3. The van der Waals surface area contributed by atoms with Crippen LogP contribution in [0.5, 0.6) is 17.2 Å². The maximum Gasteiger partial charge on any atom is 0.320 e. The second-order valence-corrected chi connectivity index (χ2v) is 7.18. The van der Waals surface area contributed by atoms with E-state index in [1.165, 1.54) is 36.8 Å². The number of aromatic nitrogens is 2. The molecule has 2 aliphatic rings. The second-order valence-electron chi connectivity index (χ2n) is 7.18. The summed E-state index contributed by atoms with van der Waals surface area (Å²) in [5, 5.41) is 5.31. The minimum Gasteiger partial charge on any atom is -0.490 e. The van der Waals surface area contributed by atoms with Crippen molar-refractivity contribution in [2.75, 3.05) is 11.9 Å². The van der Waals surface area contributed by atoms with E-state index in [0.717, 1.165) is 12.1 Å². The Hall–Kier alpha value is -3.82. The van der Waals surface area contributed by atoms with Gasteiger partial charge in [-0.25, -0.2) is 22.9 Å². The number of hydrogen-bond donors (Lipinski definition) is 2. The Morgan fingerprint density at radius 1 is 1.06 bits per heavy atom. The van der Waals surface area contributed by atoms with E-state index in [1.54, 1.807) is 0 Å². The minimum absolute atomic E-state index is 0.0507. The lowest BCUT2D eigenvalue weighted by Crippen LogP contribution is -2.32. The van der Waals surface area contributed by atoms with Crippen molar-refractivity contribution in [3.05, 3.63) is 71.9 Å². The molecule has 0 bridgehead atoms. The number of nitrogens with one attached hydrogen (secondary N) is 2. The number of halogens is 3. The number of carbonyl (C=O) groups is 1. The normalized spacial score (nSPS) is 20.7. The van der Waals surface area contributed by atoms with Crippen LogP contribution in [-0.2, 0) is 0 Å². The van der Waals surface area contributed by atoms with Gasteiger partial charge in [-0.05, 0) is 30.3 Å². The molecule has 3 atom stereocenters. The Labute approximate surface area is 174 Å². The predicted octanol–water partition coefficient (Wildman–Crippen LogP) is 3.98. The van der Waals surface area contributed by atoms with E-state index in [4.69, 9.17) is 9.47 Å². The van der Waals surface area contributed by atoms with Gasteiger partial charge in [-0.1, -0.05) is 0 Å². The number of amides is 2. The number of nitrogens with zero attached hydrogens (tertiary/aromatic N) is 2. The van der Waals surface area contributed by atoms with Crippen LogP contribution < -0.4 is 20.1 Å². The van der Waals surface area contributed by atoms with Crippen molar-refractivity contribution in [2.24, 2.45) is 5.92 Å². The van der Waals surface area contributed by atoms with Crippen molar-refractivity contribution in [3.8, 4) is 17.2 Å². The van der Waals surface area contributed by atoms with Crippen molar-refractivity contribution in [1.82, 2.24) is 15.3 Å². The van der Waals surface area contributed by atoms with Gasteiger partial charge in [0.05, 0.1) is 19.0 Å². The molecule has 2 N–H and O–H groups in total. The molecule has 1 saturated carbocycles. The molecule has 0 radical (unpaired) electrons. The van der Waals surface area contributed by atoms with Crippen LogP contribution >= 0.6 is 0 Å². The minimum atomic E-state index is -0.623. The van der Waals surface area contributed by atoms with Gasteiger partial charge in [-0.15, -0.1) is 0 Å². The molecule has 7 nitrogen and oxygen atoms in total. The zero-order valence-corrected chi connectivity index (χ0v) is 15.8. The number of ether oxygens (including phenoxy) is 2. The fraction of sp³-hybridized carbons (Fsp3) is 0.190. The highest BCUT2D eigenvalue weighted by Gasteiger charge is 2.57. The zero-order valence-electron chi connectivity index (χ0n) is 15.8. The molecule has 3 unspecified atom stereocenters. The van der Waals surface area contributed by atoms with Crippen LogP contribution in [0.4, 0.5) is 23.8 Å². The molecule has 2 amide bonds. The Morgan fingerprint density at radius 2 is 1.90 bits per heavy atom. The van der Waals surface area contributed by atoms with Gasteiger partial charge in [0.2, 0.25) is 0 Å². The van der Waals surface area contributed by atoms with Crippen LogP contribution in [0.25, 0.3) is 0 Å². The number of hydrogen-bond acceptors (Lipinski definition) is 5. The molecule has 158 valence electrons. The molecular formula is C21H15F3N4O3. The fourth-order valence-electron chi connectivity index (χ4n) is 3.74. The molecule has 1 aliphatic heterocycles. The molecule has 1 fully saturated rings. The summed E-state index contributed by atoms with van der Waals surface area (Å²) in [7, 11) is 0. The topological polar surface area (TPSA) is 85.4 Å². The lowest BCUT2D eigenvalue weighted by atomic mass is 10.0. The third kappa shape index (κ3) is 3.60. The highest BCUT2D eigenvalue weighted by molar-refractivity contribution is 5.89. The molecule has 1 aliphatic carbocycles. The van der Waals surface area contributed by atoms with Crippen molar-refractivity contribution < 1.29 is 27.4 Å². The monoisotopic (exact) mass is 428 g/mol. The van der Waals surface area contributed by atoms with Crippen LogP contribution in [0.1, 0.15) is 11.5 Å². The lowest BCUT2D eigenvalue weighted by molar-refractivity contribution is 0.247. The smallest absolute Gasteiger partial charge is 0.320 e. The summed E-state index contributed by atoms with van der Waals surface area (Å²) in [4.78, 5) is 20.2. The third-order valence-corrected chi connectivity index (χ3v) is 5.25. The van der Waals surface area contributed by atoms with Gasteiger partial charge in [0.1, 0.15) is 17.4 Å². The van der Waals surface area contributed by atoms with Gasteiger partial charge >= 0.3 is 6.03 Å². The van der Waals surface area contributed by atoms with Gasteiger partial charge in [-0.2, -0.15) is 0 Å². The number of urea groups is 1. The van der Waals surface area contributed by atoms with Crippen molar-refractivity contribution in [1.29, 1.82) is 0 Å². The van der Waals surface area contributed by atoms with E-state index >= 15 is 0 Å². The van der Waals surface area contributed by atoms with Crippen LogP contribution in [0, 0.1) is 23.4 Å². The SMILES string of the molecule is O=C(Nc1ccc(Oc2cnccc2F)cn1)NC1C2COc3c(F)ccc(F)c3C21. The molecule has 0 saturated heterocycles. The lowest BCUT2D eigenvalue weighted by Gasteiger charge is -2.16. The molecule has 5 rings (SSSR count). The van der Waals surface area contributed by atoms with E-state index in [2.05, 4.69) is 20.6 Å². The quantitative estimate of drug-likeness (QED) is 0.657. The highest BCUT2D eigenvalue weighted by atomic mass is 19.1. The number of carbonyl (C=O) groups excluding carboxylic acids is 1. The predicted molar refractivity (Wildman–Crippen MR) is 103 cm³/mol. The van der Waals surface area contributed by atoms with Gasteiger partial charge < -0.3 is 14.8 Å². The maximum atomic E-state index is 14.2. The third-order valence-electron chi connectivity index (χ3n) is 5.25. The molecule has 2 aromatic heterocycles. The van der Waals surface area contributed by atoms with E-state index in [-0.39, 0.29) is 53.1 Å². The first-order valence-electron chi connectivity index (χ1n) is 9.43. The first-order chi connectivity index (χ1) is 15.0. The largest absolute Gasteiger partial charge is 0.490 e. The zero-order chi connectivity index (χ0) is 21.5. The molecule has 1 aromatic carbocycles. The van der Waals surface area contributed by atoms with Crippen LogP contribution in [0.3, 0.4) is 0 Å². The standard InChI is InChI=1S/C21H15F3N4O3/c22-12-5-6-25-8-15(12)31-10-1-4-16(26-7-10)27-21(29)28-19-11-9-30-20-14(24)3-2-13(23)18(20)17(11)19/h1-8,11,17,19H,9H2,(H2,26,27,28,29). The number of rotatable bonds is 4. The van der Waals surface area contributed by atoms with Crippen molar-refractivity contribution >= 4 is 11.8 Å². The summed E-state index contributed by atoms with van der Waals surface area (Å²) in [6, 6.07) is 5.31. The summed E-state index contributed by atoms with van der Waals surface area (Å²) < 4.78 is 52.4. The van der Waals surface area contributed by atoms with E-state index < -0.39 is 23.5 Å². The number of pyridine rings is 2. The van der Waals surface area contributed by atoms with E-state index in [0.29, 0.717) is 0 Å². The molecule has 3 heterocycles. The van der Waals surface area contributed by atoms with Crippen molar-refractivity contribution in [2.45, 2.75) is 12.0 Å². The summed E-state index contributed by atoms with van der Waals surface area (Å²) in [6.07, 6.45) is 3.86. The Balaban J connectivity index is 1.21. The average Bonchev–Trinajstić information content (AvgIpc) is 3.46.